The van der Waals surface area contributed by atoms with Crippen LogP contribution in [0.5, 0.6) is 0 Å². The minimum atomic E-state index is -5.49. The zero-order chi connectivity index (χ0) is 23.4. The molecule has 1 aliphatic carbocycles. The fraction of sp³-hybridized carbons (Fsp3) is 0.636. The smallest absolute Gasteiger partial charge is 0.383 e. The molecule has 0 aromatic carbocycles. The minimum Gasteiger partial charge on any atom is -0.383 e. The molecule has 174 valence electrons. The van der Waals surface area contributed by atoms with Crippen molar-refractivity contribution in [3.05, 3.63) is 22.7 Å². The summed E-state index contributed by atoms with van der Waals surface area (Å²) in [5, 5.41) is 10.5. The van der Waals surface area contributed by atoms with Crippen LogP contribution in [0.15, 0.2) is 17.1 Å². The van der Waals surface area contributed by atoms with Crippen LogP contribution in [0, 0.1) is 0 Å². The van der Waals surface area contributed by atoms with Crippen LogP contribution in [0.25, 0.3) is 0 Å². The summed E-state index contributed by atoms with van der Waals surface area (Å²) in [7, 11) is -14.5. The van der Waals surface area contributed by atoms with Crippen LogP contribution in [0.2, 0.25) is 0 Å². The third-order valence-electron chi connectivity index (χ3n) is 4.72. The Morgan fingerprint density at radius 2 is 2.03 bits per heavy atom. The van der Waals surface area contributed by atoms with Crippen LogP contribution >= 0.6 is 23.9 Å². The number of alkyl halides is 1. The van der Waals surface area contributed by atoms with Crippen molar-refractivity contribution >= 4 is 29.7 Å². The topological polar surface area (TPSA) is 256 Å². The van der Waals surface area contributed by atoms with Crippen molar-refractivity contribution in [1.82, 2.24) is 9.55 Å². The molecule has 1 aromatic rings. The van der Waals surface area contributed by atoms with Crippen molar-refractivity contribution in [2.75, 3.05) is 12.3 Å². The number of halogens is 1. The number of aliphatic hydroxyl groups is 1. The highest BCUT2D eigenvalue weighted by Gasteiger charge is 2.87. The van der Waals surface area contributed by atoms with Gasteiger partial charge in [-0.25, -0.2) is 18.3 Å². The molecular formula is C11H17FN4O12P3+. The molecule has 8 N–H and O–H groups in total. The average molecular weight is 509 g/mol. The number of nitrogens with two attached hydrogens (primary N) is 2. The molecule has 20 heteroatoms. The molecule has 2 aliphatic rings. The summed E-state index contributed by atoms with van der Waals surface area (Å²) in [5.41, 5.74) is 5.99. The number of nitrogen functional groups attached to an aromatic ring is 1. The van der Waals surface area contributed by atoms with Gasteiger partial charge in [0.2, 0.25) is 0 Å². The zero-order valence-corrected chi connectivity index (χ0v) is 17.8. The lowest BCUT2D eigenvalue weighted by molar-refractivity contribution is -0.0484. The largest absolute Gasteiger partial charge is 0.708 e. The number of hydrogen-bond acceptors (Lipinski definition) is 12. The molecule has 0 amide bonds. The first-order valence-corrected chi connectivity index (χ1v) is 12.3. The number of anilines is 1. The van der Waals surface area contributed by atoms with Crippen molar-refractivity contribution in [1.29, 1.82) is 0 Å². The molecule has 1 aliphatic heterocycles. The molecule has 3 unspecified atom stereocenters. The lowest BCUT2D eigenvalue weighted by Crippen LogP contribution is -2.42. The van der Waals surface area contributed by atoms with E-state index in [9.17, 15) is 28.0 Å². The SMILES string of the molecule is Nc1ccn(C[C@@H]2O[C@@]3(CO[P+](=O)OP(=O)(O)OP(=O)(O)O)C(N)[C@]3(O)[C@H]2F)c(=O)n1. The van der Waals surface area contributed by atoms with Gasteiger partial charge in [-0.3, -0.25) is 9.46 Å². The molecule has 0 bridgehead atoms. The molecule has 1 aromatic heterocycles. The molecule has 31 heavy (non-hydrogen) atoms. The maximum atomic E-state index is 14.8. The summed E-state index contributed by atoms with van der Waals surface area (Å²) in [4.78, 5) is 41.4. The van der Waals surface area contributed by atoms with Gasteiger partial charge in [0.15, 0.2) is 6.17 Å². The Morgan fingerprint density at radius 3 is 2.61 bits per heavy atom. The van der Waals surface area contributed by atoms with Crippen LogP contribution in [-0.4, -0.2) is 65.5 Å². The molecule has 2 fully saturated rings. The molecule has 1 saturated heterocycles. The second-order valence-corrected chi connectivity index (χ2v) is 10.6. The lowest BCUT2D eigenvalue weighted by Gasteiger charge is -2.21. The second-order valence-electron chi connectivity index (χ2n) is 6.66. The Kier molecular flexibility index (Phi) is 6.30. The van der Waals surface area contributed by atoms with Crippen LogP contribution in [-0.2, 0) is 38.1 Å². The molecule has 3 rings (SSSR count). The quantitative estimate of drug-likeness (QED) is 0.202. The number of hydrogen-bond donors (Lipinski definition) is 6. The number of rotatable bonds is 9. The number of phosphoric acid groups is 2. The van der Waals surface area contributed by atoms with E-state index in [-0.39, 0.29) is 5.82 Å². The first-order chi connectivity index (χ1) is 14.1. The maximum absolute atomic E-state index is 14.8. The summed E-state index contributed by atoms with van der Waals surface area (Å²) >= 11 is 0. The Bertz CT molecular complexity index is 1050. The Labute approximate surface area is 172 Å². The van der Waals surface area contributed by atoms with Gasteiger partial charge in [0, 0.05) is 10.8 Å². The first kappa shape index (κ1) is 24.5. The van der Waals surface area contributed by atoms with Gasteiger partial charge in [0.25, 0.3) is 0 Å². The van der Waals surface area contributed by atoms with E-state index in [2.05, 4.69) is 18.1 Å². The second kappa shape index (κ2) is 7.99. The van der Waals surface area contributed by atoms with E-state index in [0.29, 0.717) is 0 Å². The van der Waals surface area contributed by atoms with Gasteiger partial charge in [-0.15, -0.1) is 4.52 Å². The van der Waals surface area contributed by atoms with Gasteiger partial charge < -0.3 is 31.1 Å². The van der Waals surface area contributed by atoms with E-state index < -0.39 is 72.3 Å². The van der Waals surface area contributed by atoms with E-state index in [4.69, 9.17) is 30.9 Å². The third-order valence-corrected chi connectivity index (χ3v) is 8.09. The van der Waals surface area contributed by atoms with Crippen molar-refractivity contribution in [2.24, 2.45) is 5.73 Å². The Morgan fingerprint density at radius 1 is 1.39 bits per heavy atom. The predicted molar refractivity (Wildman–Crippen MR) is 95.9 cm³/mol. The van der Waals surface area contributed by atoms with Crippen molar-refractivity contribution in [3.63, 3.8) is 0 Å². The lowest BCUT2D eigenvalue weighted by atomic mass is 10.1. The molecular weight excluding hydrogens is 492 g/mol. The highest BCUT2D eigenvalue weighted by Crippen LogP contribution is 2.64. The summed E-state index contributed by atoms with van der Waals surface area (Å²) in [6.07, 6.45) is -2.30. The van der Waals surface area contributed by atoms with Crippen LogP contribution in [0.3, 0.4) is 0 Å². The first-order valence-electron chi connectivity index (χ1n) is 8.14. The zero-order valence-electron chi connectivity index (χ0n) is 15.1. The van der Waals surface area contributed by atoms with Crippen molar-refractivity contribution in [2.45, 2.75) is 36.1 Å². The molecule has 7 atom stereocenters. The fourth-order valence-electron chi connectivity index (χ4n) is 3.28. The minimum absolute atomic E-state index is 0.0635. The number of fused-ring (bicyclic) bond motifs is 1. The third kappa shape index (κ3) is 4.64. The normalized spacial score (nSPS) is 34.8. The van der Waals surface area contributed by atoms with Gasteiger partial charge in [0.1, 0.15) is 29.7 Å². The van der Waals surface area contributed by atoms with Crippen LogP contribution < -0.4 is 17.2 Å². The Hall–Kier alpha value is -1.19. The highest BCUT2D eigenvalue weighted by atomic mass is 31.3. The predicted octanol–water partition coefficient (Wildman–Crippen LogP) is -1.73. The molecule has 0 spiro atoms. The van der Waals surface area contributed by atoms with Gasteiger partial charge >= 0.3 is 29.6 Å². The van der Waals surface area contributed by atoms with E-state index in [1.165, 1.54) is 12.3 Å². The molecule has 16 nitrogen and oxygen atoms in total. The standard InChI is InChI=1S/C11H16FN4O12P3/c12-7-5(3-16-2-1-6(13)15-9(16)17)26-10(8(14)11(7,10)18)4-25-29(19)27-31(23,24)28-30(20,21)22/h1-2,5,7-8,18H,3-4,14H2,(H4-,13,15,17,20,21,22,23,24)/p+1/t5-,7-,8?,10-,11+/m0/s1. The number of aromatic nitrogens is 2. The van der Waals surface area contributed by atoms with Crippen molar-refractivity contribution in [3.8, 4) is 0 Å². The average Bonchev–Trinajstić information content (AvgIpc) is 2.96. The van der Waals surface area contributed by atoms with Gasteiger partial charge in [-0.05, 0) is 10.4 Å². The summed E-state index contributed by atoms with van der Waals surface area (Å²) < 4.78 is 66.9. The van der Waals surface area contributed by atoms with Crippen LogP contribution in [0.1, 0.15) is 0 Å². The van der Waals surface area contributed by atoms with E-state index in [0.717, 1.165) is 4.57 Å². The van der Waals surface area contributed by atoms with Gasteiger partial charge in [-0.1, -0.05) is 0 Å². The molecule has 0 radical (unpaired) electrons. The summed E-state index contributed by atoms with van der Waals surface area (Å²) in [6.45, 7) is -1.30. The molecule has 1 saturated carbocycles. The number of nitrogens with zero attached hydrogens (tertiary/aromatic N) is 2. The van der Waals surface area contributed by atoms with Gasteiger partial charge in [-0.2, -0.15) is 9.29 Å². The maximum Gasteiger partial charge on any atom is 0.708 e. The van der Waals surface area contributed by atoms with E-state index in [1.807, 2.05) is 0 Å². The molecule has 2 heterocycles. The van der Waals surface area contributed by atoms with Crippen molar-refractivity contribution < 1.29 is 55.8 Å². The van der Waals surface area contributed by atoms with E-state index in [1.54, 1.807) is 0 Å². The summed E-state index contributed by atoms with van der Waals surface area (Å²) in [5.74, 6) is -0.0635. The highest BCUT2D eigenvalue weighted by molar-refractivity contribution is 7.64. The Balaban J connectivity index is 1.66. The fourth-order valence-corrected chi connectivity index (χ4v) is 5.90. The van der Waals surface area contributed by atoms with Crippen LogP contribution in [0.4, 0.5) is 10.2 Å². The summed E-state index contributed by atoms with van der Waals surface area (Å²) in [6, 6.07) is -0.0818. The van der Waals surface area contributed by atoms with E-state index >= 15 is 0 Å². The number of ether oxygens (including phenoxy) is 1. The van der Waals surface area contributed by atoms with Gasteiger partial charge in [0.05, 0.1) is 12.6 Å². The monoisotopic (exact) mass is 509 g/mol.